The summed E-state index contributed by atoms with van der Waals surface area (Å²) >= 11 is 0. The van der Waals surface area contributed by atoms with Gasteiger partial charge in [0.15, 0.2) is 0 Å². The fraction of sp³-hybridized carbons (Fsp3) is 0.600. The van der Waals surface area contributed by atoms with Gasteiger partial charge in [0.1, 0.15) is 12.4 Å². The average Bonchev–Trinajstić information content (AvgIpc) is 2.16. The Morgan fingerprint density at radius 3 is 2.38 bits per heavy atom. The summed E-state index contributed by atoms with van der Waals surface area (Å²) in [6, 6.07) is 0. The highest BCUT2D eigenvalue weighted by Crippen LogP contribution is 1.92. The van der Waals surface area contributed by atoms with Gasteiger partial charge in [0.05, 0.1) is 19.8 Å². The first-order valence-corrected chi connectivity index (χ1v) is 4.41. The van der Waals surface area contributed by atoms with Gasteiger partial charge in [-0.15, -0.1) is 0 Å². The lowest BCUT2D eigenvalue weighted by molar-refractivity contribution is 0.0318. The quantitative estimate of drug-likeness (QED) is 0.312. The van der Waals surface area contributed by atoms with E-state index in [2.05, 4.69) is 13.2 Å². The zero-order chi connectivity index (χ0) is 9.94. The first-order chi connectivity index (χ1) is 6.31. The van der Waals surface area contributed by atoms with Crippen LogP contribution in [0, 0.1) is 0 Å². The zero-order valence-electron chi connectivity index (χ0n) is 8.25. The summed E-state index contributed by atoms with van der Waals surface area (Å²) in [6.07, 6.45) is 1.57. The minimum Gasteiger partial charge on any atom is -0.492 e. The third kappa shape index (κ3) is 9.11. The van der Waals surface area contributed by atoms with E-state index in [1.54, 1.807) is 6.08 Å². The zero-order valence-corrected chi connectivity index (χ0v) is 8.25. The van der Waals surface area contributed by atoms with E-state index < -0.39 is 0 Å². The second-order valence-electron chi connectivity index (χ2n) is 2.33. The highest BCUT2D eigenvalue weighted by atomic mass is 16.5. The fourth-order valence-corrected chi connectivity index (χ4v) is 0.655. The Labute approximate surface area is 80.0 Å². The predicted octanol–water partition coefficient (Wildman–Crippen LogP) is 1.76. The largest absolute Gasteiger partial charge is 0.492 e. The molecule has 0 rings (SSSR count). The van der Waals surface area contributed by atoms with Gasteiger partial charge in [-0.2, -0.15) is 0 Å². The first-order valence-electron chi connectivity index (χ1n) is 4.41. The van der Waals surface area contributed by atoms with E-state index >= 15 is 0 Å². The minimum atomic E-state index is 0.511. The summed E-state index contributed by atoms with van der Waals surface area (Å²) in [5.41, 5.74) is 0. The normalized spacial score (nSPS) is 9.62. The van der Waals surface area contributed by atoms with Crippen LogP contribution in [0.2, 0.25) is 0 Å². The summed E-state index contributed by atoms with van der Waals surface area (Å²) < 4.78 is 15.4. The van der Waals surface area contributed by atoms with Gasteiger partial charge in [0.2, 0.25) is 0 Å². The highest BCUT2D eigenvalue weighted by Gasteiger charge is 1.90. The molecular formula is C10H18O3. The molecule has 0 bridgehead atoms. The standard InChI is InChI=1S/C10H18O3/c1-4-10(3)13-9-8-12-7-6-11-5-2/h4H,1,3,5-9H2,2H3. The van der Waals surface area contributed by atoms with Crippen LogP contribution in [0.5, 0.6) is 0 Å². The van der Waals surface area contributed by atoms with E-state index in [4.69, 9.17) is 14.2 Å². The van der Waals surface area contributed by atoms with Crippen molar-refractivity contribution >= 4 is 0 Å². The molecule has 0 aromatic rings. The number of ether oxygens (including phenoxy) is 3. The number of hydrogen-bond donors (Lipinski definition) is 0. The summed E-state index contributed by atoms with van der Waals surface area (Å²) in [4.78, 5) is 0. The summed E-state index contributed by atoms with van der Waals surface area (Å²) in [7, 11) is 0. The second-order valence-corrected chi connectivity index (χ2v) is 2.33. The molecule has 0 heterocycles. The van der Waals surface area contributed by atoms with Crippen LogP contribution in [-0.4, -0.2) is 33.0 Å². The Morgan fingerprint density at radius 2 is 1.77 bits per heavy atom. The molecule has 3 heteroatoms. The molecule has 0 N–H and O–H groups in total. The molecule has 0 atom stereocenters. The maximum Gasteiger partial charge on any atom is 0.111 e. The molecule has 0 fully saturated rings. The van der Waals surface area contributed by atoms with Crippen molar-refractivity contribution in [3.63, 3.8) is 0 Å². The first kappa shape index (κ1) is 12.2. The van der Waals surface area contributed by atoms with Gasteiger partial charge in [-0.25, -0.2) is 0 Å². The van der Waals surface area contributed by atoms with Gasteiger partial charge >= 0.3 is 0 Å². The Bertz CT molecular complexity index is 143. The van der Waals surface area contributed by atoms with Crippen LogP contribution < -0.4 is 0 Å². The lowest BCUT2D eigenvalue weighted by atomic mass is 10.5. The summed E-state index contributed by atoms with van der Waals surface area (Å²) in [6.45, 7) is 12.1. The molecule has 0 saturated heterocycles. The Balaban J connectivity index is 2.99. The smallest absolute Gasteiger partial charge is 0.111 e. The van der Waals surface area contributed by atoms with Gasteiger partial charge in [0.25, 0.3) is 0 Å². The number of allylic oxidation sites excluding steroid dienone is 1. The van der Waals surface area contributed by atoms with Crippen molar-refractivity contribution in [2.45, 2.75) is 6.92 Å². The van der Waals surface area contributed by atoms with Crippen LogP contribution in [-0.2, 0) is 14.2 Å². The number of rotatable bonds is 9. The van der Waals surface area contributed by atoms with Gasteiger partial charge in [-0.3, -0.25) is 0 Å². The minimum absolute atomic E-state index is 0.511. The van der Waals surface area contributed by atoms with Crippen LogP contribution in [0.1, 0.15) is 6.92 Å². The van der Waals surface area contributed by atoms with Crippen LogP contribution in [0.3, 0.4) is 0 Å². The summed E-state index contributed by atoms with van der Waals surface area (Å²) in [5.74, 6) is 0.577. The molecule has 0 aliphatic heterocycles. The van der Waals surface area contributed by atoms with Crippen molar-refractivity contribution < 1.29 is 14.2 Å². The topological polar surface area (TPSA) is 27.7 Å². The average molecular weight is 186 g/mol. The van der Waals surface area contributed by atoms with E-state index in [9.17, 15) is 0 Å². The van der Waals surface area contributed by atoms with Gasteiger partial charge in [0, 0.05) is 6.61 Å². The Hall–Kier alpha value is -0.800. The van der Waals surface area contributed by atoms with Gasteiger partial charge in [-0.1, -0.05) is 13.2 Å². The maximum absolute atomic E-state index is 5.21. The van der Waals surface area contributed by atoms with Crippen molar-refractivity contribution in [3.8, 4) is 0 Å². The SMILES string of the molecule is C=CC(=C)OCCOCCOCC. The van der Waals surface area contributed by atoms with Crippen molar-refractivity contribution in [2.24, 2.45) is 0 Å². The highest BCUT2D eigenvalue weighted by molar-refractivity contribution is 5.01. The van der Waals surface area contributed by atoms with E-state index in [1.807, 2.05) is 6.92 Å². The number of hydrogen-bond acceptors (Lipinski definition) is 3. The third-order valence-corrected chi connectivity index (χ3v) is 1.32. The maximum atomic E-state index is 5.21. The van der Waals surface area contributed by atoms with E-state index in [1.165, 1.54) is 0 Å². The van der Waals surface area contributed by atoms with Gasteiger partial charge in [-0.05, 0) is 13.0 Å². The Kier molecular flexibility index (Phi) is 8.72. The molecule has 0 spiro atoms. The molecule has 0 amide bonds. The molecule has 0 unspecified atom stereocenters. The monoisotopic (exact) mass is 186 g/mol. The third-order valence-electron chi connectivity index (χ3n) is 1.32. The molecule has 0 radical (unpaired) electrons. The van der Waals surface area contributed by atoms with E-state index in [-0.39, 0.29) is 0 Å². The van der Waals surface area contributed by atoms with Crippen LogP contribution in [0.4, 0.5) is 0 Å². The molecule has 13 heavy (non-hydrogen) atoms. The van der Waals surface area contributed by atoms with Crippen molar-refractivity contribution in [1.82, 2.24) is 0 Å². The molecule has 76 valence electrons. The lowest BCUT2D eigenvalue weighted by Crippen LogP contribution is -2.08. The predicted molar refractivity (Wildman–Crippen MR) is 52.6 cm³/mol. The lowest BCUT2D eigenvalue weighted by Gasteiger charge is -2.06. The molecular weight excluding hydrogens is 168 g/mol. The summed E-state index contributed by atoms with van der Waals surface area (Å²) in [5, 5.41) is 0. The molecule has 0 aliphatic carbocycles. The molecule has 0 aromatic carbocycles. The van der Waals surface area contributed by atoms with Crippen molar-refractivity contribution in [2.75, 3.05) is 33.0 Å². The van der Waals surface area contributed by atoms with Crippen molar-refractivity contribution in [1.29, 1.82) is 0 Å². The molecule has 3 nitrogen and oxygen atoms in total. The second kappa shape index (κ2) is 9.29. The van der Waals surface area contributed by atoms with Gasteiger partial charge < -0.3 is 14.2 Å². The molecule has 0 aliphatic rings. The van der Waals surface area contributed by atoms with Crippen LogP contribution in [0.15, 0.2) is 25.0 Å². The van der Waals surface area contributed by atoms with Crippen molar-refractivity contribution in [3.05, 3.63) is 25.0 Å². The van der Waals surface area contributed by atoms with Crippen LogP contribution in [0.25, 0.3) is 0 Å². The molecule has 0 saturated carbocycles. The van der Waals surface area contributed by atoms with E-state index in [0.29, 0.717) is 32.2 Å². The Morgan fingerprint density at radius 1 is 1.15 bits per heavy atom. The van der Waals surface area contributed by atoms with E-state index in [0.717, 1.165) is 6.61 Å². The fourth-order valence-electron chi connectivity index (χ4n) is 0.655. The van der Waals surface area contributed by atoms with Crippen LogP contribution >= 0.6 is 0 Å². The molecule has 0 aromatic heterocycles.